The first-order chi connectivity index (χ1) is 7.45. The minimum atomic E-state index is -3.62. The highest BCUT2D eigenvalue weighted by Crippen LogP contribution is 2.15. The Kier molecular flexibility index (Phi) is 4.46. The molecule has 0 amide bonds. The molecule has 0 aliphatic carbocycles. The molecule has 0 heterocycles. The highest BCUT2D eigenvalue weighted by Gasteiger charge is 2.14. The summed E-state index contributed by atoms with van der Waals surface area (Å²) in [6.45, 7) is 4.89. The molecule has 4 nitrogen and oxygen atoms in total. The molecule has 1 aromatic rings. The van der Waals surface area contributed by atoms with Crippen LogP contribution in [-0.4, -0.2) is 21.0 Å². The third-order valence-electron chi connectivity index (χ3n) is 2.36. The van der Waals surface area contributed by atoms with Gasteiger partial charge in [0.05, 0.1) is 4.90 Å². The van der Waals surface area contributed by atoms with Crippen molar-refractivity contribution < 1.29 is 8.42 Å². The molecule has 1 atom stereocenters. The van der Waals surface area contributed by atoms with Crippen molar-refractivity contribution in [2.75, 3.05) is 6.54 Å². The number of rotatable bonds is 5. The fourth-order valence-corrected chi connectivity index (χ4v) is 2.49. The second kappa shape index (κ2) is 5.43. The number of hydrogen-bond acceptors (Lipinski definition) is 3. The Labute approximate surface area is 96.9 Å². The maximum absolute atomic E-state index is 11.4. The van der Waals surface area contributed by atoms with Crippen molar-refractivity contribution in [3.63, 3.8) is 0 Å². The van der Waals surface area contributed by atoms with Crippen LogP contribution in [0.3, 0.4) is 0 Å². The number of sulfonamides is 1. The van der Waals surface area contributed by atoms with Crippen molar-refractivity contribution in [1.29, 1.82) is 0 Å². The molecule has 0 spiro atoms. The zero-order valence-electron chi connectivity index (χ0n) is 9.60. The van der Waals surface area contributed by atoms with Crippen molar-refractivity contribution in [3.05, 3.63) is 29.8 Å². The third-order valence-corrected chi connectivity index (χ3v) is 3.37. The molecule has 3 N–H and O–H groups in total. The summed E-state index contributed by atoms with van der Waals surface area (Å²) < 4.78 is 22.7. The van der Waals surface area contributed by atoms with Crippen LogP contribution in [0.2, 0.25) is 0 Å². The second-order valence-corrected chi connectivity index (χ2v) is 5.35. The second-order valence-electron chi connectivity index (χ2n) is 3.82. The van der Waals surface area contributed by atoms with Crippen LogP contribution in [0.4, 0.5) is 0 Å². The molecule has 5 heteroatoms. The Bertz CT molecular complexity index is 443. The Morgan fingerprint density at radius 2 is 2.00 bits per heavy atom. The average Bonchev–Trinajstić information content (AvgIpc) is 2.17. The van der Waals surface area contributed by atoms with Crippen molar-refractivity contribution in [2.45, 2.75) is 31.2 Å². The zero-order chi connectivity index (χ0) is 12.2. The van der Waals surface area contributed by atoms with Crippen LogP contribution in [0.25, 0.3) is 0 Å². The largest absolute Gasteiger partial charge is 0.314 e. The molecule has 0 saturated heterocycles. The SMILES string of the molecule is CCNC(C)Cc1ccccc1S(N)(=O)=O. The summed E-state index contributed by atoms with van der Waals surface area (Å²) >= 11 is 0. The lowest BCUT2D eigenvalue weighted by atomic mass is 10.1. The van der Waals surface area contributed by atoms with Crippen molar-refractivity contribution in [3.8, 4) is 0 Å². The van der Waals surface area contributed by atoms with Gasteiger partial charge in [0.2, 0.25) is 10.0 Å². The quantitative estimate of drug-likeness (QED) is 0.805. The van der Waals surface area contributed by atoms with E-state index in [-0.39, 0.29) is 10.9 Å². The van der Waals surface area contributed by atoms with Gasteiger partial charge in [-0.15, -0.1) is 0 Å². The van der Waals surface area contributed by atoms with Crippen LogP contribution in [0.1, 0.15) is 19.4 Å². The Morgan fingerprint density at radius 3 is 2.56 bits per heavy atom. The monoisotopic (exact) mass is 242 g/mol. The van der Waals surface area contributed by atoms with E-state index in [1.807, 2.05) is 19.9 Å². The number of hydrogen-bond donors (Lipinski definition) is 2. The molecule has 0 saturated carbocycles. The molecule has 0 aromatic heterocycles. The van der Waals surface area contributed by atoms with Crippen molar-refractivity contribution >= 4 is 10.0 Å². The van der Waals surface area contributed by atoms with E-state index in [1.54, 1.807) is 18.2 Å². The smallest absolute Gasteiger partial charge is 0.238 e. The molecule has 0 bridgehead atoms. The number of nitrogens with two attached hydrogens (primary N) is 1. The van der Waals surface area contributed by atoms with Crippen LogP contribution in [-0.2, 0) is 16.4 Å². The van der Waals surface area contributed by atoms with Gasteiger partial charge in [0.25, 0.3) is 0 Å². The molecular formula is C11H18N2O2S. The van der Waals surface area contributed by atoms with Crippen LogP contribution < -0.4 is 10.5 Å². The van der Waals surface area contributed by atoms with E-state index in [2.05, 4.69) is 5.32 Å². The standard InChI is InChI=1S/C11H18N2O2S/c1-3-13-9(2)8-10-6-4-5-7-11(10)16(12,14)15/h4-7,9,13H,3,8H2,1-2H3,(H2,12,14,15). The molecule has 1 unspecified atom stereocenters. The predicted molar refractivity (Wildman–Crippen MR) is 64.7 cm³/mol. The average molecular weight is 242 g/mol. The normalized spacial score (nSPS) is 13.7. The number of nitrogens with one attached hydrogen (secondary N) is 1. The Morgan fingerprint density at radius 1 is 1.38 bits per heavy atom. The van der Waals surface area contributed by atoms with E-state index in [0.29, 0.717) is 6.42 Å². The summed E-state index contributed by atoms with van der Waals surface area (Å²) in [5.74, 6) is 0. The van der Waals surface area contributed by atoms with Gasteiger partial charge in [-0.2, -0.15) is 0 Å². The van der Waals surface area contributed by atoms with Crippen molar-refractivity contribution in [2.24, 2.45) is 5.14 Å². The number of likely N-dealkylation sites (N-methyl/N-ethyl adjacent to an activating group) is 1. The van der Waals surface area contributed by atoms with Gasteiger partial charge >= 0.3 is 0 Å². The molecule has 1 aromatic carbocycles. The Balaban J connectivity index is 2.96. The fraction of sp³-hybridized carbons (Fsp3) is 0.455. The summed E-state index contributed by atoms with van der Waals surface area (Å²) in [6.07, 6.45) is 0.653. The minimum absolute atomic E-state index is 0.222. The van der Waals surface area contributed by atoms with Gasteiger partial charge in [0.15, 0.2) is 0 Å². The molecule has 16 heavy (non-hydrogen) atoms. The van der Waals surface area contributed by atoms with E-state index >= 15 is 0 Å². The molecule has 90 valence electrons. The van der Waals surface area contributed by atoms with Gasteiger partial charge in [-0.1, -0.05) is 25.1 Å². The molecule has 0 aliphatic rings. The maximum Gasteiger partial charge on any atom is 0.238 e. The van der Waals surface area contributed by atoms with E-state index in [4.69, 9.17) is 5.14 Å². The van der Waals surface area contributed by atoms with Crippen LogP contribution in [0.5, 0.6) is 0 Å². The molecule has 0 fully saturated rings. The van der Waals surface area contributed by atoms with Crippen LogP contribution in [0.15, 0.2) is 29.2 Å². The van der Waals surface area contributed by atoms with Gasteiger partial charge in [-0.3, -0.25) is 0 Å². The lowest BCUT2D eigenvalue weighted by molar-refractivity contribution is 0.558. The van der Waals surface area contributed by atoms with Gasteiger partial charge in [0, 0.05) is 6.04 Å². The molecule has 0 radical (unpaired) electrons. The van der Waals surface area contributed by atoms with Gasteiger partial charge in [-0.25, -0.2) is 13.6 Å². The first kappa shape index (κ1) is 13.2. The highest BCUT2D eigenvalue weighted by molar-refractivity contribution is 7.89. The lowest BCUT2D eigenvalue weighted by Crippen LogP contribution is -2.28. The van der Waals surface area contributed by atoms with E-state index < -0.39 is 10.0 Å². The van der Waals surface area contributed by atoms with Gasteiger partial charge < -0.3 is 5.32 Å². The highest BCUT2D eigenvalue weighted by atomic mass is 32.2. The van der Waals surface area contributed by atoms with Crippen molar-refractivity contribution in [1.82, 2.24) is 5.32 Å². The van der Waals surface area contributed by atoms with E-state index in [9.17, 15) is 8.42 Å². The summed E-state index contributed by atoms with van der Waals surface area (Å²) in [4.78, 5) is 0.222. The molecule has 0 aliphatic heterocycles. The third kappa shape index (κ3) is 3.59. The molecular weight excluding hydrogens is 224 g/mol. The number of benzene rings is 1. The van der Waals surface area contributed by atoms with E-state index in [1.165, 1.54) is 0 Å². The first-order valence-electron chi connectivity index (χ1n) is 5.29. The summed E-state index contributed by atoms with van der Waals surface area (Å²) in [7, 11) is -3.62. The fourth-order valence-electron chi connectivity index (χ4n) is 1.70. The lowest BCUT2D eigenvalue weighted by Gasteiger charge is -2.14. The summed E-state index contributed by atoms with van der Waals surface area (Å²) in [5, 5.41) is 8.40. The van der Waals surface area contributed by atoms with Gasteiger partial charge in [-0.05, 0) is 31.5 Å². The number of primary sulfonamides is 1. The van der Waals surface area contributed by atoms with E-state index in [0.717, 1.165) is 12.1 Å². The minimum Gasteiger partial charge on any atom is -0.314 e. The summed E-state index contributed by atoms with van der Waals surface area (Å²) in [6, 6.07) is 7.08. The summed E-state index contributed by atoms with van der Waals surface area (Å²) in [5.41, 5.74) is 0.762. The Hall–Kier alpha value is -0.910. The molecule has 1 rings (SSSR count). The zero-order valence-corrected chi connectivity index (χ0v) is 10.4. The topological polar surface area (TPSA) is 72.2 Å². The first-order valence-corrected chi connectivity index (χ1v) is 6.84. The maximum atomic E-state index is 11.4. The predicted octanol–water partition coefficient (Wildman–Crippen LogP) is 0.875. The van der Waals surface area contributed by atoms with Gasteiger partial charge in [0.1, 0.15) is 0 Å². The van der Waals surface area contributed by atoms with Crippen LogP contribution in [0, 0.1) is 0 Å². The van der Waals surface area contributed by atoms with Crippen LogP contribution >= 0.6 is 0 Å².